The van der Waals surface area contributed by atoms with Crippen molar-refractivity contribution in [1.29, 1.82) is 0 Å². The van der Waals surface area contributed by atoms with Gasteiger partial charge in [-0.15, -0.1) is 0 Å². The third kappa shape index (κ3) is 1.48. The van der Waals surface area contributed by atoms with E-state index in [2.05, 4.69) is 12.1 Å². The molecule has 100 valence electrons. The zero-order valence-corrected chi connectivity index (χ0v) is 10.8. The molecule has 0 radical (unpaired) electrons. The molecule has 0 spiro atoms. The fourth-order valence-electron chi connectivity index (χ4n) is 3.45. The van der Waals surface area contributed by atoms with Gasteiger partial charge in [0, 0.05) is 6.07 Å². The molecule has 2 aliphatic rings. The number of hydrogen-bond donors (Lipinski definition) is 0. The maximum Gasteiger partial charge on any atom is 0.335 e. The molecule has 1 aromatic carbocycles. The van der Waals surface area contributed by atoms with Gasteiger partial charge in [0.15, 0.2) is 0 Å². The van der Waals surface area contributed by atoms with Crippen molar-refractivity contribution >= 4 is 5.91 Å². The molecule has 20 heavy (non-hydrogen) atoms. The summed E-state index contributed by atoms with van der Waals surface area (Å²) in [6.45, 7) is 0. The Hall–Kier alpha value is -2.36. The molecule has 1 amide bonds. The van der Waals surface area contributed by atoms with E-state index in [1.807, 2.05) is 17.0 Å². The molecule has 2 bridgehead atoms. The zero-order valence-electron chi connectivity index (χ0n) is 10.8. The largest absolute Gasteiger partial charge is 0.430 e. The number of hydrogen-bond acceptors (Lipinski definition) is 3. The van der Waals surface area contributed by atoms with Crippen molar-refractivity contribution in [3.8, 4) is 0 Å². The predicted molar refractivity (Wildman–Crippen MR) is 72.3 cm³/mol. The van der Waals surface area contributed by atoms with Crippen LogP contribution in [-0.4, -0.2) is 10.8 Å². The van der Waals surface area contributed by atoms with Crippen molar-refractivity contribution in [2.24, 2.45) is 0 Å². The maximum absolute atomic E-state index is 12.7. The van der Waals surface area contributed by atoms with Crippen LogP contribution in [0.15, 0.2) is 51.9 Å². The van der Waals surface area contributed by atoms with Crippen LogP contribution in [0.1, 0.15) is 46.4 Å². The second kappa shape index (κ2) is 4.07. The lowest BCUT2D eigenvalue weighted by Gasteiger charge is -2.22. The smallest absolute Gasteiger partial charge is 0.335 e. The Balaban J connectivity index is 1.73. The van der Waals surface area contributed by atoms with Gasteiger partial charge < -0.3 is 9.32 Å². The van der Waals surface area contributed by atoms with E-state index in [0.29, 0.717) is 5.56 Å². The summed E-state index contributed by atoms with van der Waals surface area (Å²) in [5, 5.41) is 0. The standard InChI is InChI=1S/C16H13NO3/c18-15-8-5-10(9-20-15)16(19)17-13-6-7-14(17)12-4-2-1-3-11(12)13/h1-5,8-9,13-14H,6-7H2. The Kier molecular flexibility index (Phi) is 2.33. The summed E-state index contributed by atoms with van der Waals surface area (Å²) in [6, 6.07) is 11.4. The number of amides is 1. The van der Waals surface area contributed by atoms with E-state index in [1.165, 1.54) is 29.5 Å². The van der Waals surface area contributed by atoms with Crippen molar-refractivity contribution in [1.82, 2.24) is 4.90 Å². The van der Waals surface area contributed by atoms with Crippen LogP contribution >= 0.6 is 0 Å². The number of nitrogens with zero attached hydrogens (tertiary/aromatic N) is 1. The zero-order chi connectivity index (χ0) is 13.7. The average molecular weight is 267 g/mol. The molecule has 1 fully saturated rings. The lowest BCUT2D eigenvalue weighted by atomic mass is 9.92. The van der Waals surface area contributed by atoms with Crippen molar-refractivity contribution < 1.29 is 9.21 Å². The topological polar surface area (TPSA) is 50.5 Å². The lowest BCUT2D eigenvalue weighted by molar-refractivity contribution is 0.0694. The summed E-state index contributed by atoms with van der Waals surface area (Å²) >= 11 is 0. The summed E-state index contributed by atoms with van der Waals surface area (Å²) in [5.41, 5.74) is 2.52. The van der Waals surface area contributed by atoms with Gasteiger partial charge in [-0.3, -0.25) is 4.79 Å². The molecule has 0 N–H and O–H groups in total. The van der Waals surface area contributed by atoms with Gasteiger partial charge >= 0.3 is 5.63 Å². The quantitative estimate of drug-likeness (QED) is 0.798. The minimum absolute atomic E-state index is 0.0579. The van der Waals surface area contributed by atoms with E-state index in [4.69, 9.17) is 4.42 Å². The molecule has 3 heterocycles. The van der Waals surface area contributed by atoms with E-state index >= 15 is 0 Å². The second-order valence-corrected chi connectivity index (χ2v) is 5.29. The van der Waals surface area contributed by atoms with Crippen LogP contribution < -0.4 is 5.63 Å². The molecule has 4 heteroatoms. The number of carbonyl (C=O) groups is 1. The maximum atomic E-state index is 12.7. The molecule has 2 unspecified atom stereocenters. The minimum Gasteiger partial charge on any atom is -0.430 e. The Morgan fingerprint density at radius 3 is 2.25 bits per heavy atom. The van der Waals surface area contributed by atoms with Crippen molar-refractivity contribution in [2.45, 2.75) is 24.9 Å². The summed E-state index contributed by atoms with van der Waals surface area (Å²) in [5.74, 6) is -0.0579. The number of benzene rings is 1. The van der Waals surface area contributed by atoms with E-state index in [-0.39, 0.29) is 18.0 Å². The highest BCUT2D eigenvalue weighted by molar-refractivity contribution is 5.95. The van der Waals surface area contributed by atoms with Gasteiger partial charge in [0.05, 0.1) is 17.6 Å². The van der Waals surface area contributed by atoms with Crippen molar-refractivity contribution in [3.05, 3.63) is 69.8 Å². The molecule has 2 aliphatic heterocycles. The first-order chi connectivity index (χ1) is 9.75. The van der Waals surface area contributed by atoms with Gasteiger partial charge in [0.2, 0.25) is 0 Å². The van der Waals surface area contributed by atoms with E-state index in [0.717, 1.165) is 12.8 Å². The average Bonchev–Trinajstić information content (AvgIpc) is 3.04. The number of rotatable bonds is 1. The van der Waals surface area contributed by atoms with Crippen LogP contribution in [0, 0.1) is 0 Å². The SMILES string of the molecule is O=C(c1ccc(=O)oc1)N1C2CCC1c1ccccc12. The number of carbonyl (C=O) groups excluding carboxylic acids is 1. The van der Waals surface area contributed by atoms with Gasteiger partial charge in [0.1, 0.15) is 6.26 Å². The molecule has 2 atom stereocenters. The molecule has 0 saturated carbocycles. The van der Waals surface area contributed by atoms with Crippen LogP contribution in [0.2, 0.25) is 0 Å². The molecule has 4 nitrogen and oxygen atoms in total. The summed E-state index contributed by atoms with van der Waals surface area (Å²) in [6.07, 6.45) is 3.27. The molecule has 4 rings (SSSR count). The first-order valence-corrected chi connectivity index (χ1v) is 6.76. The van der Waals surface area contributed by atoms with Gasteiger partial charge in [-0.1, -0.05) is 24.3 Å². The monoisotopic (exact) mass is 267 g/mol. The highest BCUT2D eigenvalue weighted by Gasteiger charge is 2.46. The van der Waals surface area contributed by atoms with Crippen LogP contribution in [0.5, 0.6) is 0 Å². The summed E-state index contributed by atoms with van der Waals surface area (Å²) in [7, 11) is 0. The fraction of sp³-hybridized carbons (Fsp3) is 0.250. The second-order valence-electron chi connectivity index (χ2n) is 5.29. The van der Waals surface area contributed by atoms with Crippen LogP contribution in [0.4, 0.5) is 0 Å². The number of fused-ring (bicyclic) bond motifs is 5. The highest BCUT2D eigenvalue weighted by Crippen LogP contribution is 2.53. The van der Waals surface area contributed by atoms with E-state index in [9.17, 15) is 9.59 Å². The highest BCUT2D eigenvalue weighted by atomic mass is 16.4. The van der Waals surface area contributed by atoms with Crippen molar-refractivity contribution in [2.75, 3.05) is 0 Å². The minimum atomic E-state index is -0.436. The summed E-state index contributed by atoms with van der Waals surface area (Å²) in [4.78, 5) is 25.6. The Bertz CT molecular complexity index is 698. The Labute approximate surface area is 115 Å². The van der Waals surface area contributed by atoms with Crippen molar-refractivity contribution in [3.63, 3.8) is 0 Å². The third-order valence-electron chi connectivity index (χ3n) is 4.28. The normalized spacial score (nSPS) is 22.9. The van der Waals surface area contributed by atoms with E-state index in [1.54, 1.807) is 0 Å². The fourth-order valence-corrected chi connectivity index (χ4v) is 3.45. The first kappa shape index (κ1) is 11.5. The molecule has 1 saturated heterocycles. The van der Waals surface area contributed by atoms with Crippen LogP contribution in [-0.2, 0) is 0 Å². The first-order valence-electron chi connectivity index (χ1n) is 6.76. The van der Waals surface area contributed by atoms with Gasteiger partial charge in [-0.2, -0.15) is 0 Å². The van der Waals surface area contributed by atoms with Gasteiger partial charge in [-0.25, -0.2) is 4.79 Å². The molecule has 0 aliphatic carbocycles. The lowest BCUT2D eigenvalue weighted by Crippen LogP contribution is -2.28. The molecular weight excluding hydrogens is 254 g/mol. The van der Waals surface area contributed by atoms with Gasteiger partial charge in [0.25, 0.3) is 5.91 Å². The Morgan fingerprint density at radius 2 is 1.70 bits per heavy atom. The van der Waals surface area contributed by atoms with E-state index < -0.39 is 5.63 Å². The third-order valence-corrected chi connectivity index (χ3v) is 4.28. The molecule has 2 aromatic rings. The summed E-state index contributed by atoms with van der Waals surface area (Å²) < 4.78 is 4.80. The Morgan fingerprint density at radius 1 is 1.05 bits per heavy atom. The predicted octanol–water partition coefficient (Wildman–Crippen LogP) is 2.67. The molecule has 1 aromatic heterocycles. The van der Waals surface area contributed by atoms with Gasteiger partial charge in [-0.05, 0) is 30.0 Å². The molecular formula is C16H13NO3. The van der Waals surface area contributed by atoms with Crippen LogP contribution in [0.3, 0.4) is 0 Å². The van der Waals surface area contributed by atoms with Crippen LogP contribution in [0.25, 0.3) is 0 Å².